The van der Waals surface area contributed by atoms with Gasteiger partial charge in [-0.3, -0.25) is 4.98 Å². The lowest BCUT2D eigenvalue weighted by molar-refractivity contribution is 0.860. The quantitative estimate of drug-likeness (QED) is 0.700. The minimum atomic E-state index is -0.214. The second-order valence-corrected chi connectivity index (χ2v) is 5.04. The van der Waals surface area contributed by atoms with E-state index in [0.717, 1.165) is 30.6 Å². The smallest absolute Gasteiger partial charge is 0.347 e. The maximum absolute atomic E-state index is 11.6. The van der Waals surface area contributed by atoms with Gasteiger partial charge in [-0.15, -0.1) is 0 Å². The van der Waals surface area contributed by atoms with E-state index in [1.807, 2.05) is 37.5 Å². The van der Waals surface area contributed by atoms with Crippen molar-refractivity contribution < 1.29 is 0 Å². The molecule has 3 heterocycles. The summed E-state index contributed by atoms with van der Waals surface area (Å²) in [6.45, 7) is 2.78. The summed E-state index contributed by atoms with van der Waals surface area (Å²) in [5, 5.41) is 9.88. The average molecular weight is 283 g/mol. The Bertz CT molecular complexity index is 791. The Morgan fingerprint density at radius 2 is 2.14 bits per heavy atom. The number of pyridine rings is 2. The lowest BCUT2D eigenvalue weighted by Crippen LogP contribution is -2.11. The fourth-order valence-corrected chi connectivity index (χ4v) is 2.34. The zero-order valence-corrected chi connectivity index (χ0v) is 11.8. The van der Waals surface area contributed by atoms with E-state index >= 15 is 0 Å². The first-order chi connectivity index (χ1) is 10.2. The minimum Gasteiger partial charge on any atom is -0.382 e. The number of rotatable bonds is 5. The van der Waals surface area contributed by atoms with Gasteiger partial charge in [-0.25, -0.2) is 14.3 Å². The molecule has 0 aliphatic carbocycles. The molecule has 0 atom stereocenters. The predicted molar refractivity (Wildman–Crippen MR) is 81.6 cm³/mol. The van der Waals surface area contributed by atoms with Gasteiger partial charge in [-0.2, -0.15) is 5.10 Å². The molecule has 0 amide bonds. The van der Waals surface area contributed by atoms with Gasteiger partial charge in [0.15, 0.2) is 5.65 Å². The summed E-state index contributed by atoms with van der Waals surface area (Å²) < 4.78 is 1.53. The third-order valence-electron chi connectivity index (χ3n) is 3.36. The number of fused-ring (bicyclic) bond motifs is 1. The molecule has 3 rings (SSSR count). The molecule has 3 aromatic rings. The lowest BCUT2D eigenvalue weighted by atomic mass is 10.1. The van der Waals surface area contributed by atoms with Gasteiger partial charge in [0.05, 0.1) is 5.69 Å². The number of H-pyrrole nitrogens is 1. The molecular weight excluding hydrogens is 266 g/mol. The molecule has 0 aliphatic heterocycles. The van der Waals surface area contributed by atoms with E-state index < -0.39 is 0 Å². The Labute approximate surface area is 121 Å². The number of aryl methyl sites for hydroxylation is 2. The van der Waals surface area contributed by atoms with Crippen LogP contribution in [0.5, 0.6) is 0 Å². The van der Waals surface area contributed by atoms with E-state index in [2.05, 4.69) is 20.5 Å². The topological polar surface area (TPSA) is 75.1 Å². The molecule has 0 fully saturated rings. The van der Waals surface area contributed by atoms with Gasteiger partial charge >= 0.3 is 5.69 Å². The third kappa shape index (κ3) is 2.94. The van der Waals surface area contributed by atoms with Gasteiger partial charge in [-0.05, 0) is 49.1 Å². The molecule has 0 saturated heterocycles. The largest absolute Gasteiger partial charge is 0.382 e. The van der Waals surface area contributed by atoms with Crippen LogP contribution in [0.25, 0.3) is 5.65 Å². The van der Waals surface area contributed by atoms with Crippen molar-refractivity contribution in [2.45, 2.75) is 19.8 Å². The molecular formula is C15H17N5O. The molecule has 0 bridgehead atoms. The summed E-state index contributed by atoms with van der Waals surface area (Å²) in [7, 11) is 0. The van der Waals surface area contributed by atoms with Crippen LogP contribution in [0.2, 0.25) is 0 Å². The van der Waals surface area contributed by atoms with Crippen LogP contribution in [0.1, 0.15) is 17.5 Å². The van der Waals surface area contributed by atoms with Crippen LogP contribution in [0.3, 0.4) is 0 Å². The summed E-state index contributed by atoms with van der Waals surface area (Å²) in [5.74, 6) is 0. The van der Waals surface area contributed by atoms with Crippen molar-refractivity contribution >= 4 is 11.3 Å². The van der Waals surface area contributed by atoms with Crippen LogP contribution < -0.4 is 11.0 Å². The first-order valence-electron chi connectivity index (χ1n) is 6.94. The minimum absolute atomic E-state index is 0.214. The summed E-state index contributed by atoms with van der Waals surface area (Å²) in [5.41, 5.74) is 3.59. The number of anilines is 1. The Morgan fingerprint density at radius 3 is 2.95 bits per heavy atom. The van der Waals surface area contributed by atoms with Crippen molar-refractivity contribution in [3.63, 3.8) is 0 Å². The number of nitrogens with one attached hydrogen (secondary N) is 2. The molecule has 6 heteroatoms. The molecule has 0 unspecified atom stereocenters. The molecule has 108 valence electrons. The molecule has 0 spiro atoms. The van der Waals surface area contributed by atoms with E-state index in [9.17, 15) is 4.79 Å². The van der Waals surface area contributed by atoms with E-state index in [0.29, 0.717) is 5.65 Å². The van der Waals surface area contributed by atoms with E-state index in [4.69, 9.17) is 0 Å². The summed E-state index contributed by atoms with van der Waals surface area (Å²) in [4.78, 5) is 15.6. The highest BCUT2D eigenvalue weighted by atomic mass is 16.1. The summed E-state index contributed by atoms with van der Waals surface area (Å²) in [6, 6.07) is 6.05. The van der Waals surface area contributed by atoms with Gasteiger partial charge in [0.2, 0.25) is 0 Å². The second-order valence-electron chi connectivity index (χ2n) is 5.04. The summed E-state index contributed by atoms with van der Waals surface area (Å²) >= 11 is 0. The van der Waals surface area contributed by atoms with Crippen molar-refractivity contribution in [3.05, 3.63) is 58.4 Å². The van der Waals surface area contributed by atoms with Gasteiger partial charge < -0.3 is 5.32 Å². The fraction of sp³-hybridized carbons (Fsp3) is 0.267. The second kappa shape index (κ2) is 5.78. The van der Waals surface area contributed by atoms with Gasteiger partial charge in [0.25, 0.3) is 0 Å². The average Bonchev–Trinajstić information content (AvgIpc) is 2.86. The molecule has 0 radical (unpaired) electrons. The van der Waals surface area contributed by atoms with Gasteiger partial charge in [0, 0.05) is 25.1 Å². The van der Waals surface area contributed by atoms with Gasteiger partial charge in [-0.1, -0.05) is 0 Å². The van der Waals surface area contributed by atoms with Crippen LogP contribution in [0.4, 0.5) is 5.69 Å². The number of aromatic amines is 1. The van der Waals surface area contributed by atoms with Crippen LogP contribution in [0.15, 0.2) is 41.6 Å². The third-order valence-corrected chi connectivity index (χ3v) is 3.36. The normalized spacial score (nSPS) is 10.9. The van der Waals surface area contributed by atoms with Gasteiger partial charge in [0.1, 0.15) is 0 Å². The van der Waals surface area contributed by atoms with E-state index in [1.54, 1.807) is 6.20 Å². The maximum atomic E-state index is 11.6. The van der Waals surface area contributed by atoms with Crippen molar-refractivity contribution in [1.82, 2.24) is 19.6 Å². The van der Waals surface area contributed by atoms with E-state index in [1.165, 1.54) is 9.96 Å². The monoisotopic (exact) mass is 283 g/mol. The number of nitrogens with zero attached hydrogens (tertiary/aromatic N) is 3. The van der Waals surface area contributed by atoms with E-state index in [-0.39, 0.29) is 5.69 Å². The zero-order chi connectivity index (χ0) is 14.7. The number of aromatic nitrogens is 4. The molecule has 0 aliphatic rings. The Kier molecular flexibility index (Phi) is 3.68. The molecule has 6 nitrogen and oxygen atoms in total. The number of hydrogen-bond donors (Lipinski definition) is 2. The van der Waals surface area contributed by atoms with Crippen molar-refractivity contribution in [1.29, 1.82) is 0 Å². The molecule has 21 heavy (non-hydrogen) atoms. The van der Waals surface area contributed by atoms with Crippen LogP contribution in [-0.4, -0.2) is 26.1 Å². The molecule has 0 aromatic carbocycles. The highest BCUT2D eigenvalue weighted by Crippen LogP contribution is 2.15. The Balaban J connectivity index is 1.67. The van der Waals surface area contributed by atoms with Crippen LogP contribution in [0, 0.1) is 6.92 Å². The fourth-order valence-electron chi connectivity index (χ4n) is 2.34. The van der Waals surface area contributed by atoms with Crippen LogP contribution in [-0.2, 0) is 6.42 Å². The predicted octanol–water partition coefficient (Wildman–Crippen LogP) is 1.77. The van der Waals surface area contributed by atoms with Crippen molar-refractivity contribution in [2.75, 3.05) is 11.9 Å². The first-order valence-corrected chi connectivity index (χ1v) is 6.94. The highest BCUT2D eigenvalue weighted by molar-refractivity contribution is 5.67. The summed E-state index contributed by atoms with van der Waals surface area (Å²) in [6.07, 6.45) is 7.39. The maximum Gasteiger partial charge on any atom is 0.347 e. The first kappa shape index (κ1) is 13.4. The van der Waals surface area contributed by atoms with Crippen LogP contribution >= 0.6 is 0 Å². The van der Waals surface area contributed by atoms with Crippen molar-refractivity contribution in [3.8, 4) is 0 Å². The Hall–Kier alpha value is -2.63. The Morgan fingerprint density at radius 1 is 1.33 bits per heavy atom. The highest BCUT2D eigenvalue weighted by Gasteiger charge is 2.06. The van der Waals surface area contributed by atoms with Crippen molar-refractivity contribution in [2.24, 2.45) is 0 Å². The lowest BCUT2D eigenvalue weighted by Gasteiger charge is -2.08. The number of hydrogen-bond acceptors (Lipinski definition) is 4. The molecule has 2 N–H and O–H groups in total. The standard InChI is InChI=1S/C15H17N5O/c1-11-9-13(14-18-19-15(21)20(14)10-11)17-6-2-3-12-4-7-16-8-5-12/h4-5,7-10,17H,2-3,6H2,1H3,(H,19,21). The molecule has 0 saturated carbocycles. The molecule has 3 aromatic heterocycles. The SMILES string of the molecule is Cc1cc(NCCCc2ccncc2)c2n[nH]c(=O)n2c1. The zero-order valence-electron chi connectivity index (χ0n) is 11.8.